The molecule has 0 atom stereocenters. The SMILES string of the molecule is CC1(C)Oc2ccc(NC(=O)c3cnn(-c4ccc(F)cc4F)c3)cc2O1. The maximum atomic E-state index is 13.9. The van der Waals surface area contributed by atoms with Crippen molar-refractivity contribution in [2.75, 3.05) is 5.32 Å². The van der Waals surface area contributed by atoms with Gasteiger partial charge in [-0.05, 0) is 24.3 Å². The Kier molecular flexibility index (Phi) is 3.83. The number of carbonyl (C=O) groups excluding carboxylic acids is 1. The monoisotopic (exact) mass is 371 g/mol. The molecule has 6 nitrogen and oxygen atoms in total. The largest absolute Gasteiger partial charge is 0.449 e. The van der Waals surface area contributed by atoms with Gasteiger partial charge in [-0.25, -0.2) is 13.5 Å². The predicted octanol–water partition coefficient (Wildman–Crippen LogP) is 3.91. The van der Waals surface area contributed by atoms with Crippen LogP contribution in [0.25, 0.3) is 5.69 Å². The van der Waals surface area contributed by atoms with Gasteiger partial charge in [0.1, 0.15) is 11.5 Å². The first-order chi connectivity index (χ1) is 12.8. The van der Waals surface area contributed by atoms with Crippen LogP contribution in [0, 0.1) is 11.6 Å². The molecule has 1 N–H and O–H groups in total. The number of anilines is 1. The molecule has 1 amide bonds. The van der Waals surface area contributed by atoms with Crippen molar-refractivity contribution in [3.63, 3.8) is 0 Å². The van der Waals surface area contributed by atoms with Crippen LogP contribution in [-0.4, -0.2) is 21.5 Å². The van der Waals surface area contributed by atoms with E-state index in [1.165, 1.54) is 23.1 Å². The minimum absolute atomic E-state index is 0.0424. The van der Waals surface area contributed by atoms with E-state index in [0.717, 1.165) is 12.1 Å². The zero-order chi connectivity index (χ0) is 19.2. The van der Waals surface area contributed by atoms with E-state index in [9.17, 15) is 13.6 Å². The molecule has 0 unspecified atom stereocenters. The fourth-order valence-corrected chi connectivity index (χ4v) is 2.74. The number of carbonyl (C=O) groups is 1. The second-order valence-electron chi connectivity index (χ2n) is 6.49. The quantitative estimate of drug-likeness (QED) is 0.758. The Labute approximate surface area is 153 Å². The summed E-state index contributed by atoms with van der Waals surface area (Å²) in [5.41, 5.74) is 0.776. The van der Waals surface area contributed by atoms with E-state index in [1.807, 2.05) is 0 Å². The molecule has 0 saturated carbocycles. The van der Waals surface area contributed by atoms with Crippen LogP contribution in [0.2, 0.25) is 0 Å². The molecule has 138 valence electrons. The highest BCUT2D eigenvalue weighted by Gasteiger charge is 2.31. The van der Waals surface area contributed by atoms with Crippen molar-refractivity contribution >= 4 is 11.6 Å². The number of rotatable bonds is 3. The van der Waals surface area contributed by atoms with Gasteiger partial charge in [0.15, 0.2) is 17.3 Å². The minimum Gasteiger partial charge on any atom is -0.449 e. The van der Waals surface area contributed by atoms with E-state index in [1.54, 1.807) is 32.0 Å². The molecular weight excluding hydrogens is 356 g/mol. The third-order valence-electron chi connectivity index (χ3n) is 3.91. The van der Waals surface area contributed by atoms with Crippen molar-refractivity contribution in [1.29, 1.82) is 0 Å². The van der Waals surface area contributed by atoms with Crippen LogP contribution in [0.15, 0.2) is 48.8 Å². The van der Waals surface area contributed by atoms with Crippen LogP contribution in [-0.2, 0) is 0 Å². The Hall–Kier alpha value is -3.42. The number of amides is 1. The van der Waals surface area contributed by atoms with Crippen LogP contribution < -0.4 is 14.8 Å². The first kappa shape index (κ1) is 17.0. The predicted molar refractivity (Wildman–Crippen MR) is 93.2 cm³/mol. The maximum Gasteiger partial charge on any atom is 0.258 e. The van der Waals surface area contributed by atoms with Gasteiger partial charge in [0, 0.05) is 37.9 Å². The van der Waals surface area contributed by atoms with Crippen LogP contribution in [0.5, 0.6) is 11.5 Å². The van der Waals surface area contributed by atoms with Crippen molar-refractivity contribution in [3.05, 3.63) is 66.0 Å². The van der Waals surface area contributed by atoms with Crippen LogP contribution in [0.4, 0.5) is 14.5 Å². The molecule has 27 heavy (non-hydrogen) atoms. The minimum atomic E-state index is -0.775. The molecule has 0 bridgehead atoms. The van der Waals surface area contributed by atoms with Gasteiger partial charge >= 0.3 is 0 Å². The number of aromatic nitrogens is 2. The smallest absolute Gasteiger partial charge is 0.258 e. The summed E-state index contributed by atoms with van der Waals surface area (Å²) in [6.07, 6.45) is 2.66. The lowest BCUT2D eigenvalue weighted by Gasteiger charge is -2.16. The molecule has 0 radical (unpaired) electrons. The Morgan fingerprint density at radius 3 is 2.67 bits per heavy atom. The maximum absolute atomic E-state index is 13.9. The normalized spacial score (nSPS) is 14.2. The van der Waals surface area contributed by atoms with Crippen molar-refractivity contribution in [2.45, 2.75) is 19.6 Å². The van der Waals surface area contributed by atoms with Gasteiger partial charge in [0.2, 0.25) is 5.79 Å². The van der Waals surface area contributed by atoms with Gasteiger partial charge in [0.25, 0.3) is 5.91 Å². The zero-order valence-corrected chi connectivity index (χ0v) is 14.5. The Morgan fingerprint density at radius 2 is 1.89 bits per heavy atom. The molecule has 3 aromatic rings. The molecule has 0 saturated heterocycles. The van der Waals surface area contributed by atoms with E-state index in [0.29, 0.717) is 17.2 Å². The molecule has 1 aliphatic heterocycles. The third kappa shape index (κ3) is 3.33. The molecule has 0 fully saturated rings. The van der Waals surface area contributed by atoms with Crippen LogP contribution in [0.3, 0.4) is 0 Å². The highest BCUT2D eigenvalue weighted by Crippen LogP contribution is 2.40. The van der Waals surface area contributed by atoms with E-state index in [4.69, 9.17) is 9.47 Å². The summed E-state index contributed by atoms with van der Waals surface area (Å²) in [5, 5.41) is 6.69. The van der Waals surface area contributed by atoms with Crippen LogP contribution >= 0.6 is 0 Å². The van der Waals surface area contributed by atoms with E-state index >= 15 is 0 Å². The Bertz CT molecular complexity index is 1050. The zero-order valence-electron chi connectivity index (χ0n) is 14.5. The number of nitrogens with one attached hydrogen (secondary N) is 1. The first-order valence-corrected chi connectivity index (χ1v) is 8.14. The molecule has 2 aromatic carbocycles. The Morgan fingerprint density at radius 1 is 1.11 bits per heavy atom. The highest BCUT2D eigenvalue weighted by atomic mass is 19.1. The van der Waals surface area contributed by atoms with Gasteiger partial charge in [-0.15, -0.1) is 0 Å². The van der Waals surface area contributed by atoms with Gasteiger partial charge in [-0.3, -0.25) is 4.79 Å². The molecule has 1 aromatic heterocycles. The number of ether oxygens (including phenoxy) is 2. The summed E-state index contributed by atoms with van der Waals surface area (Å²) in [5.74, 6) is -1.53. The standard InChI is InChI=1S/C19H15F2N3O3/c1-19(2)26-16-6-4-13(8-17(16)27-19)23-18(25)11-9-22-24(10-11)15-5-3-12(20)7-14(15)21/h3-10H,1-2H3,(H,23,25). The Balaban J connectivity index is 1.52. The molecule has 2 heterocycles. The molecular formula is C19H15F2N3O3. The van der Waals surface area contributed by atoms with E-state index in [-0.39, 0.29) is 11.3 Å². The lowest BCUT2D eigenvalue weighted by molar-refractivity contribution is -0.0431. The fourth-order valence-electron chi connectivity index (χ4n) is 2.74. The summed E-state index contributed by atoms with van der Waals surface area (Å²) < 4.78 is 39.3. The fraction of sp³-hybridized carbons (Fsp3) is 0.158. The van der Waals surface area contributed by atoms with Crippen LogP contribution in [0.1, 0.15) is 24.2 Å². The van der Waals surface area contributed by atoms with Crippen molar-refractivity contribution in [3.8, 4) is 17.2 Å². The summed E-state index contributed by atoms with van der Waals surface area (Å²) >= 11 is 0. The third-order valence-corrected chi connectivity index (χ3v) is 3.91. The molecule has 0 spiro atoms. The lowest BCUT2D eigenvalue weighted by Crippen LogP contribution is -2.29. The van der Waals surface area contributed by atoms with Crippen molar-refractivity contribution in [1.82, 2.24) is 9.78 Å². The lowest BCUT2D eigenvalue weighted by atomic mass is 10.2. The summed E-state index contributed by atoms with van der Waals surface area (Å²) in [7, 11) is 0. The molecule has 8 heteroatoms. The summed E-state index contributed by atoms with van der Waals surface area (Å²) in [4.78, 5) is 12.4. The van der Waals surface area contributed by atoms with E-state index < -0.39 is 23.3 Å². The second kappa shape index (κ2) is 6.08. The number of hydrogen-bond donors (Lipinski definition) is 1. The van der Waals surface area contributed by atoms with Gasteiger partial charge < -0.3 is 14.8 Å². The van der Waals surface area contributed by atoms with Crippen molar-refractivity contribution < 1.29 is 23.0 Å². The average Bonchev–Trinajstić information content (AvgIpc) is 3.17. The summed E-state index contributed by atoms with van der Waals surface area (Å²) in [6.45, 7) is 3.57. The number of halogens is 2. The van der Waals surface area contributed by atoms with E-state index in [2.05, 4.69) is 10.4 Å². The van der Waals surface area contributed by atoms with Gasteiger partial charge in [0.05, 0.1) is 11.8 Å². The average molecular weight is 371 g/mol. The summed E-state index contributed by atoms with van der Waals surface area (Å²) in [6, 6.07) is 8.17. The number of benzene rings is 2. The van der Waals surface area contributed by atoms with Gasteiger partial charge in [-0.2, -0.15) is 5.10 Å². The highest BCUT2D eigenvalue weighted by molar-refractivity contribution is 6.04. The number of nitrogens with zero attached hydrogens (tertiary/aromatic N) is 2. The molecule has 1 aliphatic rings. The number of fused-ring (bicyclic) bond motifs is 1. The molecule has 0 aliphatic carbocycles. The number of hydrogen-bond acceptors (Lipinski definition) is 4. The first-order valence-electron chi connectivity index (χ1n) is 8.14. The molecule has 4 rings (SSSR count). The topological polar surface area (TPSA) is 65.4 Å². The second-order valence-corrected chi connectivity index (χ2v) is 6.49. The van der Waals surface area contributed by atoms with Gasteiger partial charge in [-0.1, -0.05) is 0 Å². The van der Waals surface area contributed by atoms with Crippen molar-refractivity contribution in [2.24, 2.45) is 0 Å².